The van der Waals surface area contributed by atoms with Gasteiger partial charge in [-0.05, 0) is 37.1 Å². The van der Waals surface area contributed by atoms with E-state index in [1.165, 1.54) is 12.1 Å². The summed E-state index contributed by atoms with van der Waals surface area (Å²) in [5.41, 5.74) is 0.467. The molecule has 0 aromatic heterocycles. The van der Waals surface area contributed by atoms with E-state index in [4.69, 9.17) is 8.92 Å². The monoisotopic (exact) mass is 390 g/mol. The molecular weight excluding hydrogens is 364 g/mol. The smallest absolute Gasteiger partial charge is 0.338 e. The molecule has 0 saturated heterocycles. The number of hydrogen-bond donors (Lipinski definition) is 0. The maximum absolute atomic E-state index is 12.5. The van der Waals surface area contributed by atoms with Crippen LogP contribution in [0.1, 0.15) is 44.0 Å². The molecule has 0 bridgehead atoms. The van der Waals surface area contributed by atoms with Gasteiger partial charge in [-0.25, -0.2) is 4.79 Å². The quantitative estimate of drug-likeness (QED) is 0.468. The van der Waals surface area contributed by atoms with Gasteiger partial charge in [0.05, 0.1) is 16.6 Å². The van der Waals surface area contributed by atoms with Gasteiger partial charge in [-0.1, -0.05) is 57.2 Å². The zero-order chi connectivity index (χ0) is 19.9. The van der Waals surface area contributed by atoms with Crippen molar-refractivity contribution >= 4 is 16.1 Å². The van der Waals surface area contributed by atoms with Crippen LogP contribution in [0.2, 0.25) is 0 Å². The first-order valence-corrected chi connectivity index (χ1v) is 10.5. The van der Waals surface area contributed by atoms with Gasteiger partial charge in [-0.15, -0.1) is 0 Å². The van der Waals surface area contributed by atoms with E-state index in [1.54, 1.807) is 42.5 Å². The summed E-state index contributed by atoms with van der Waals surface area (Å²) >= 11 is 0. The van der Waals surface area contributed by atoms with Crippen LogP contribution in [0.3, 0.4) is 0 Å². The molecule has 2 aromatic rings. The number of carbonyl (C=O) groups excluding carboxylic acids is 1. The molecule has 3 atom stereocenters. The van der Waals surface area contributed by atoms with E-state index < -0.39 is 28.3 Å². The highest BCUT2D eigenvalue weighted by molar-refractivity contribution is 7.86. The number of esters is 1. The van der Waals surface area contributed by atoms with Crippen LogP contribution in [0.15, 0.2) is 65.6 Å². The molecule has 27 heavy (non-hydrogen) atoms. The molecule has 0 aliphatic heterocycles. The topological polar surface area (TPSA) is 69.7 Å². The average Bonchev–Trinajstić information content (AvgIpc) is 2.71. The fourth-order valence-electron chi connectivity index (χ4n) is 2.91. The molecule has 2 rings (SSSR count). The Morgan fingerprint density at radius 2 is 1.41 bits per heavy atom. The maximum Gasteiger partial charge on any atom is 0.338 e. The second-order valence-electron chi connectivity index (χ2n) is 6.39. The third-order valence-electron chi connectivity index (χ3n) is 4.53. The molecule has 0 fully saturated rings. The van der Waals surface area contributed by atoms with Gasteiger partial charge in [0.15, 0.2) is 0 Å². The van der Waals surface area contributed by atoms with Crippen LogP contribution in [-0.4, -0.2) is 26.6 Å². The lowest BCUT2D eigenvalue weighted by Gasteiger charge is -2.29. The molecule has 5 nitrogen and oxygen atoms in total. The summed E-state index contributed by atoms with van der Waals surface area (Å²) in [5, 5.41) is 0. The minimum atomic E-state index is -3.88. The van der Waals surface area contributed by atoms with Gasteiger partial charge >= 0.3 is 5.97 Å². The van der Waals surface area contributed by atoms with Gasteiger partial charge in [-0.3, -0.25) is 4.18 Å². The third kappa shape index (κ3) is 5.65. The summed E-state index contributed by atoms with van der Waals surface area (Å²) in [5.74, 6) is -0.707. The van der Waals surface area contributed by atoms with Crippen molar-refractivity contribution in [1.29, 1.82) is 0 Å². The van der Waals surface area contributed by atoms with Crippen molar-refractivity contribution in [2.75, 3.05) is 0 Å². The number of hydrogen-bond acceptors (Lipinski definition) is 5. The molecule has 0 saturated carbocycles. The van der Waals surface area contributed by atoms with E-state index >= 15 is 0 Å². The van der Waals surface area contributed by atoms with Crippen molar-refractivity contribution in [3.63, 3.8) is 0 Å². The van der Waals surface area contributed by atoms with E-state index in [0.29, 0.717) is 18.4 Å². The number of ether oxygens (including phenoxy) is 1. The molecule has 0 heterocycles. The largest absolute Gasteiger partial charge is 0.458 e. The van der Waals surface area contributed by atoms with Crippen LogP contribution >= 0.6 is 0 Å². The fourth-order valence-corrected chi connectivity index (χ4v) is 4.15. The Kier molecular flexibility index (Phi) is 7.56. The van der Waals surface area contributed by atoms with E-state index in [2.05, 4.69) is 0 Å². The normalized spacial score (nSPS) is 14.9. The van der Waals surface area contributed by atoms with Crippen LogP contribution < -0.4 is 0 Å². The lowest BCUT2D eigenvalue weighted by molar-refractivity contribution is -0.00797. The number of rotatable bonds is 9. The second-order valence-corrected chi connectivity index (χ2v) is 7.96. The first-order chi connectivity index (χ1) is 12.9. The predicted molar refractivity (Wildman–Crippen MR) is 104 cm³/mol. The minimum Gasteiger partial charge on any atom is -0.458 e. The molecule has 0 N–H and O–H groups in total. The second kappa shape index (κ2) is 9.67. The van der Waals surface area contributed by atoms with Gasteiger partial charge < -0.3 is 4.74 Å². The Morgan fingerprint density at radius 1 is 0.889 bits per heavy atom. The minimum absolute atomic E-state index is 0.116. The number of benzene rings is 2. The Labute approximate surface area is 161 Å². The zero-order valence-corrected chi connectivity index (χ0v) is 16.7. The van der Waals surface area contributed by atoms with E-state index in [9.17, 15) is 13.2 Å². The molecule has 2 aromatic carbocycles. The molecule has 0 aliphatic carbocycles. The van der Waals surface area contributed by atoms with Gasteiger partial charge in [0.2, 0.25) is 0 Å². The van der Waals surface area contributed by atoms with E-state index in [1.807, 2.05) is 26.8 Å². The standard InChI is InChI=1S/C21H26O5S/c1-4-19(25-21(22)17-12-8-6-9-13-17)16(3)20(5-2)26-27(23,24)18-14-10-7-11-15-18/h6-16,19-20H,4-5H2,1-3H3. The van der Waals surface area contributed by atoms with Crippen LogP contribution in [0, 0.1) is 5.92 Å². The summed E-state index contributed by atoms with van der Waals surface area (Å²) in [6.45, 7) is 5.60. The lowest BCUT2D eigenvalue weighted by Crippen LogP contribution is -2.35. The van der Waals surface area contributed by atoms with Gasteiger partial charge in [0.25, 0.3) is 10.1 Å². The van der Waals surface area contributed by atoms with Crippen molar-refractivity contribution in [2.45, 2.75) is 50.7 Å². The van der Waals surface area contributed by atoms with Crippen LogP contribution in [0.4, 0.5) is 0 Å². The summed E-state index contributed by atoms with van der Waals surface area (Å²) in [4.78, 5) is 12.5. The van der Waals surface area contributed by atoms with Crippen LogP contribution in [-0.2, 0) is 19.0 Å². The zero-order valence-electron chi connectivity index (χ0n) is 15.9. The molecule has 146 valence electrons. The van der Waals surface area contributed by atoms with Crippen molar-refractivity contribution in [3.8, 4) is 0 Å². The highest BCUT2D eigenvalue weighted by Crippen LogP contribution is 2.25. The Balaban J connectivity index is 2.11. The van der Waals surface area contributed by atoms with Crippen LogP contribution in [0.25, 0.3) is 0 Å². The molecule has 3 unspecified atom stereocenters. The summed E-state index contributed by atoms with van der Waals surface area (Å²) in [6, 6.07) is 16.8. The average molecular weight is 391 g/mol. The van der Waals surface area contributed by atoms with Gasteiger partial charge in [0, 0.05) is 5.92 Å². The molecule has 0 radical (unpaired) electrons. The van der Waals surface area contributed by atoms with E-state index in [-0.39, 0.29) is 10.8 Å². The first-order valence-electron chi connectivity index (χ1n) is 9.13. The highest BCUT2D eigenvalue weighted by Gasteiger charge is 2.31. The maximum atomic E-state index is 12.5. The molecule has 6 heteroatoms. The van der Waals surface area contributed by atoms with Gasteiger partial charge in [-0.2, -0.15) is 8.42 Å². The Bertz CT molecular complexity index is 818. The predicted octanol–water partition coefficient (Wildman–Crippen LogP) is 4.44. The highest BCUT2D eigenvalue weighted by atomic mass is 32.2. The van der Waals surface area contributed by atoms with Crippen molar-refractivity contribution in [2.24, 2.45) is 5.92 Å². The van der Waals surface area contributed by atoms with Crippen LogP contribution in [0.5, 0.6) is 0 Å². The van der Waals surface area contributed by atoms with Gasteiger partial charge in [0.1, 0.15) is 6.10 Å². The van der Waals surface area contributed by atoms with E-state index in [0.717, 1.165) is 0 Å². The van der Waals surface area contributed by atoms with Crippen molar-refractivity contribution < 1.29 is 22.1 Å². The SMILES string of the molecule is CCC(OC(=O)c1ccccc1)C(C)C(CC)OS(=O)(=O)c1ccccc1. The molecular formula is C21H26O5S. The molecule has 0 spiro atoms. The summed E-state index contributed by atoms with van der Waals surface area (Å²) < 4.78 is 36.2. The van der Waals surface area contributed by atoms with Crippen molar-refractivity contribution in [3.05, 3.63) is 66.2 Å². The molecule has 0 amide bonds. The fraction of sp³-hybridized carbons (Fsp3) is 0.381. The third-order valence-corrected chi connectivity index (χ3v) is 5.88. The first kappa shape index (κ1) is 21.1. The molecule has 0 aliphatic rings. The Morgan fingerprint density at radius 3 is 1.93 bits per heavy atom. The van der Waals surface area contributed by atoms with Crippen molar-refractivity contribution in [1.82, 2.24) is 0 Å². The summed E-state index contributed by atoms with van der Waals surface area (Å²) in [7, 11) is -3.88. The summed E-state index contributed by atoms with van der Waals surface area (Å²) in [6.07, 6.45) is -0.00482. The lowest BCUT2D eigenvalue weighted by atomic mass is 9.94. The number of carbonyl (C=O) groups is 1. The Hall–Kier alpha value is -2.18.